The monoisotopic (exact) mass is 705 g/mol. The van der Waals surface area contributed by atoms with Gasteiger partial charge in [-0.15, -0.1) is 0 Å². The van der Waals surface area contributed by atoms with E-state index in [0.29, 0.717) is 5.92 Å². The van der Waals surface area contributed by atoms with Gasteiger partial charge in [0.05, 0.1) is 0 Å². The largest absolute Gasteiger partial charge is 0.461 e. The molecule has 3 nitrogen and oxygen atoms in total. The number of furan rings is 1. The molecule has 1 aliphatic carbocycles. The van der Waals surface area contributed by atoms with E-state index in [1.165, 1.54) is 38.6 Å². The molecule has 0 fully saturated rings. The van der Waals surface area contributed by atoms with Gasteiger partial charge in [-0.25, -0.2) is 0 Å². The van der Waals surface area contributed by atoms with Crippen molar-refractivity contribution in [3.8, 4) is 28.0 Å². The van der Waals surface area contributed by atoms with E-state index in [2.05, 4.69) is 193 Å². The molecule has 0 N–H and O–H groups in total. The van der Waals surface area contributed by atoms with Crippen LogP contribution in [0.1, 0.15) is 23.5 Å². The molecule has 260 valence electrons. The molecule has 8 aromatic carbocycles. The fraction of sp³-hybridized carbons (Fsp3) is 0.0385. The van der Waals surface area contributed by atoms with Crippen molar-refractivity contribution in [2.75, 3.05) is 4.90 Å². The first-order chi connectivity index (χ1) is 27.2. The van der Waals surface area contributed by atoms with Crippen LogP contribution < -0.4 is 9.64 Å². The van der Waals surface area contributed by atoms with Gasteiger partial charge < -0.3 is 14.1 Å². The van der Waals surface area contributed by atoms with Crippen molar-refractivity contribution in [3.05, 3.63) is 211 Å². The average molecular weight is 706 g/mol. The zero-order valence-corrected chi connectivity index (χ0v) is 30.0. The van der Waals surface area contributed by atoms with Crippen LogP contribution in [0.25, 0.3) is 60.5 Å². The van der Waals surface area contributed by atoms with E-state index < -0.39 is 0 Å². The third kappa shape index (κ3) is 5.52. The summed E-state index contributed by atoms with van der Waals surface area (Å²) in [7, 11) is 0. The van der Waals surface area contributed by atoms with Gasteiger partial charge in [-0.1, -0.05) is 127 Å². The van der Waals surface area contributed by atoms with Crippen LogP contribution in [0.5, 0.6) is 5.75 Å². The summed E-state index contributed by atoms with van der Waals surface area (Å²) < 4.78 is 12.8. The SMILES string of the molecule is C1=C(c2ccc3c(c2)oc2ccc(N(c4cccc(-c5ccc(-c6ccccc6)cc5)c4)c4ccc5ccccc5c4)cc23)C=C2Oc3ccccc3C2C1. The highest BCUT2D eigenvalue weighted by Crippen LogP contribution is 2.47. The Hall–Kier alpha value is -7.10. The summed E-state index contributed by atoms with van der Waals surface area (Å²) in [4.78, 5) is 2.36. The van der Waals surface area contributed by atoms with Crippen molar-refractivity contribution < 1.29 is 9.15 Å². The third-order valence-corrected chi connectivity index (χ3v) is 11.2. The molecule has 0 radical (unpaired) electrons. The number of anilines is 3. The molecule has 0 saturated heterocycles. The lowest BCUT2D eigenvalue weighted by molar-refractivity contribution is 0.426. The molecule has 1 unspecified atom stereocenters. The molecule has 1 aromatic heterocycles. The van der Waals surface area contributed by atoms with Crippen molar-refractivity contribution in [3.63, 3.8) is 0 Å². The van der Waals surface area contributed by atoms with Gasteiger partial charge in [0, 0.05) is 39.3 Å². The minimum atomic E-state index is 0.291. The second-order valence-corrected chi connectivity index (χ2v) is 14.5. The quantitative estimate of drug-likeness (QED) is 0.172. The van der Waals surface area contributed by atoms with Gasteiger partial charge in [-0.2, -0.15) is 0 Å². The molecular weight excluding hydrogens is 671 g/mol. The van der Waals surface area contributed by atoms with Crippen LogP contribution in [0, 0.1) is 0 Å². The predicted molar refractivity (Wildman–Crippen MR) is 227 cm³/mol. The first kappa shape index (κ1) is 31.4. The van der Waals surface area contributed by atoms with Gasteiger partial charge in [0.15, 0.2) is 0 Å². The highest BCUT2D eigenvalue weighted by atomic mass is 16.5. The van der Waals surface area contributed by atoms with E-state index in [1.54, 1.807) is 0 Å². The Morgan fingerprint density at radius 1 is 0.455 bits per heavy atom. The van der Waals surface area contributed by atoms with E-state index in [0.717, 1.165) is 68.1 Å². The Kier molecular flexibility index (Phi) is 7.31. The average Bonchev–Trinajstić information content (AvgIpc) is 3.81. The summed E-state index contributed by atoms with van der Waals surface area (Å²) in [6.07, 6.45) is 5.45. The lowest BCUT2D eigenvalue weighted by Crippen LogP contribution is -2.10. The molecule has 11 rings (SSSR count). The number of rotatable bonds is 6. The van der Waals surface area contributed by atoms with Crippen molar-refractivity contribution in [2.45, 2.75) is 12.3 Å². The normalized spacial score (nSPS) is 14.7. The number of nitrogens with zero attached hydrogens (tertiary/aromatic N) is 1. The Balaban J connectivity index is 0.978. The summed E-state index contributed by atoms with van der Waals surface area (Å²) in [6.45, 7) is 0. The van der Waals surface area contributed by atoms with Crippen molar-refractivity contribution in [1.29, 1.82) is 0 Å². The fourth-order valence-corrected chi connectivity index (χ4v) is 8.40. The molecule has 1 atom stereocenters. The second-order valence-electron chi connectivity index (χ2n) is 14.5. The molecule has 0 spiro atoms. The maximum absolute atomic E-state index is 6.55. The van der Waals surface area contributed by atoms with Crippen molar-refractivity contribution in [2.24, 2.45) is 0 Å². The Morgan fingerprint density at radius 3 is 2.04 bits per heavy atom. The number of ether oxygens (including phenoxy) is 1. The van der Waals surface area contributed by atoms with Gasteiger partial charge in [-0.3, -0.25) is 0 Å². The number of allylic oxidation sites excluding steroid dienone is 4. The number of fused-ring (bicyclic) bond motifs is 7. The molecule has 3 heteroatoms. The molecule has 55 heavy (non-hydrogen) atoms. The third-order valence-electron chi connectivity index (χ3n) is 11.2. The molecule has 2 heterocycles. The highest BCUT2D eigenvalue weighted by Gasteiger charge is 2.31. The maximum atomic E-state index is 6.55. The zero-order chi connectivity index (χ0) is 36.3. The lowest BCUT2D eigenvalue weighted by atomic mass is 9.88. The lowest BCUT2D eigenvalue weighted by Gasteiger charge is -2.26. The van der Waals surface area contributed by atoms with Crippen LogP contribution in [0.2, 0.25) is 0 Å². The smallest absolute Gasteiger partial charge is 0.136 e. The molecular formula is C52H35NO2. The van der Waals surface area contributed by atoms with Crippen LogP contribution in [0.4, 0.5) is 17.1 Å². The number of hydrogen-bond donors (Lipinski definition) is 0. The van der Waals surface area contributed by atoms with Gasteiger partial charge >= 0.3 is 0 Å². The highest BCUT2D eigenvalue weighted by molar-refractivity contribution is 6.07. The van der Waals surface area contributed by atoms with Gasteiger partial charge in [0.25, 0.3) is 0 Å². The number of para-hydroxylation sites is 1. The van der Waals surface area contributed by atoms with Gasteiger partial charge in [-0.05, 0) is 117 Å². The van der Waals surface area contributed by atoms with E-state index in [1.807, 2.05) is 6.07 Å². The van der Waals surface area contributed by atoms with Crippen molar-refractivity contribution in [1.82, 2.24) is 0 Å². The van der Waals surface area contributed by atoms with Crippen LogP contribution in [0.15, 0.2) is 204 Å². The first-order valence-electron chi connectivity index (χ1n) is 18.9. The summed E-state index contributed by atoms with van der Waals surface area (Å²) in [5.74, 6) is 2.29. The Bertz CT molecular complexity index is 2990. The summed E-state index contributed by atoms with van der Waals surface area (Å²) in [6, 6.07) is 65.0. The van der Waals surface area contributed by atoms with Crippen LogP contribution in [-0.4, -0.2) is 0 Å². The minimum absolute atomic E-state index is 0.291. The van der Waals surface area contributed by atoms with E-state index in [9.17, 15) is 0 Å². The molecule has 1 aliphatic heterocycles. The predicted octanol–water partition coefficient (Wildman–Crippen LogP) is 14.4. The first-order valence-corrected chi connectivity index (χ1v) is 18.9. The van der Waals surface area contributed by atoms with Crippen LogP contribution in [0.3, 0.4) is 0 Å². The summed E-state index contributed by atoms with van der Waals surface area (Å²) in [5.41, 5.74) is 13.3. The van der Waals surface area contributed by atoms with Crippen molar-refractivity contribution >= 4 is 55.3 Å². The van der Waals surface area contributed by atoms with Crippen LogP contribution >= 0.6 is 0 Å². The van der Waals surface area contributed by atoms with E-state index >= 15 is 0 Å². The van der Waals surface area contributed by atoms with Crippen LogP contribution in [-0.2, 0) is 0 Å². The van der Waals surface area contributed by atoms with Gasteiger partial charge in [0.2, 0.25) is 0 Å². The van der Waals surface area contributed by atoms with E-state index in [-0.39, 0.29) is 0 Å². The number of hydrogen-bond acceptors (Lipinski definition) is 3. The molecule has 2 aliphatic rings. The Labute approximate surface area is 319 Å². The summed E-state index contributed by atoms with van der Waals surface area (Å²) >= 11 is 0. The topological polar surface area (TPSA) is 25.6 Å². The molecule has 0 amide bonds. The molecule has 0 bridgehead atoms. The Morgan fingerprint density at radius 2 is 1.15 bits per heavy atom. The van der Waals surface area contributed by atoms with Gasteiger partial charge in [0.1, 0.15) is 22.7 Å². The van der Waals surface area contributed by atoms with E-state index in [4.69, 9.17) is 9.15 Å². The standard InChI is InChI=1S/C52H35NO2/c1-2-9-34(10-3-1)36-17-19-37(20-18-36)39-13-8-14-42(29-39)53(43-24-21-35-11-4-5-12-38(35)30-43)44-25-28-50-48(33-44)47-27-23-41(32-52(47)55-50)40-22-26-46-45-15-6-7-16-49(45)54-51(46)31-40/h1-25,27-33,46H,26H2. The summed E-state index contributed by atoms with van der Waals surface area (Å²) in [5, 5.41) is 4.60. The minimum Gasteiger partial charge on any atom is -0.461 e. The maximum Gasteiger partial charge on any atom is 0.136 e. The fourth-order valence-electron chi connectivity index (χ4n) is 8.40. The molecule has 0 saturated carbocycles. The molecule has 9 aromatic rings. The second kappa shape index (κ2) is 12.8. The zero-order valence-electron chi connectivity index (χ0n) is 30.0. The number of benzene rings is 8.